The third-order valence-corrected chi connectivity index (χ3v) is 3.11. The molecule has 1 aromatic heterocycles. The molecule has 0 aliphatic carbocycles. The second kappa shape index (κ2) is 6.70. The molecule has 1 unspecified atom stereocenters. The summed E-state index contributed by atoms with van der Waals surface area (Å²) in [6, 6.07) is 3.80. The molecule has 0 aliphatic rings. The quantitative estimate of drug-likeness (QED) is 0.756. The standard InChI is InChI=1S/C13H21ClN2O/c1-4-13(3,8-9-14)16-12-11(17-5-2)7-6-10-15-12/h6-7,10H,4-5,8-9H2,1-3H3,(H,15,16). The molecule has 4 heteroatoms. The van der Waals surface area contributed by atoms with Crippen molar-refractivity contribution < 1.29 is 4.74 Å². The van der Waals surface area contributed by atoms with Crippen molar-refractivity contribution in [3.05, 3.63) is 18.3 Å². The van der Waals surface area contributed by atoms with Crippen molar-refractivity contribution in [2.75, 3.05) is 17.8 Å². The first-order valence-corrected chi connectivity index (χ1v) is 6.60. The minimum absolute atomic E-state index is 0.0397. The number of hydrogen-bond donors (Lipinski definition) is 1. The summed E-state index contributed by atoms with van der Waals surface area (Å²) in [4.78, 5) is 4.33. The van der Waals surface area contributed by atoms with E-state index in [4.69, 9.17) is 16.3 Å². The lowest BCUT2D eigenvalue weighted by molar-refractivity contribution is 0.338. The number of alkyl halides is 1. The lowest BCUT2D eigenvalue weighted by atomic mass is 9.95. The van der Waals surface area contributed by atoms with E-state index in [0.717, 1.165) is 24.4 Å². The number of halogens is 1. The van der Waals surface area contributed by atoms with E-state index >= 15 is 0 Å². The molecule has 0 spiro atoms. The molecule has 0 radical (unpaired) electrons. The summed E-state index contributed by atoms with van der Waals surface area (Å²) in [6.45, 7) is 6.90. The van der Waals surface area contributed by atoms with Crippen LogP contribution in [0.25, 0.3) is 0 Å². The Hall–Kier alpha value is -0.960. The lowest BCUT2D eigenvalue weighted by Crippen LogP contribution is -2.35. The molecule has 0 saturated carbocycles. The van der Waals surface area contributed by atoms with Gasteiger partial charge in [-0.15, -0.1) is 11.6 Å². The monoisotopic (exact) mass is 256 g/mol. The zero-order valence-corrected chi connectivity index (χ0v) is 11.5. The molecule has 0 aliphatic heterocycles. The Labute approximate surface area is 109 Å². The van der Waals surface area contributed by atoms with E-state index in [1.54, 1.807) is 6.20 Å². The summed E-state index contributed by atoms with van der Waals surface area (Å²) in [7, 11) is 0. The van der Waals surface area contributed by atoms with Crippen molar-refractivity contribution in [2.24, 2.45) is 0 Å². The van der Waals surface area contributed by atoms with Crippen LogP contribution in [0.5, 0.6) is 5.75 Å². The summed E-state index contributed by atoms with van der Waals surface area (Å²) < 4.78 is 5.55. The van der Waals surface area contributed by atoms with Crippen LogP contribution in [0.1, 0.15) is 33.6 Å². The largest absolute Gasteiger partial charge is 0.490 e. The molecule has 0 fully saturated rings. The summed E-state index contributed by atoms with van der Waals surface area (Å²) in [5, 5.41) is 3.44. The van der Waals surface area contributed by atoms with E-state index in [9.17, 15) is 0 Å². The van der Waals surface area contributed by atoms with Crippen LogP contribution in [0, 0.1) is 0 Å². The molecule has 0 amide bonds. The number of nitrogens with zero attached hydrogens (tertiary/aromatic N) is 1. The van der Waals surface area contributed by atoms with Gasteiger partial charge in [0.05, 0.1) is 6.61 Å². The van der Waals surface area contributed by atoms with E-state index < -0.39 is 0 Å². The zero-order chi connectivity index (χ0) is 12.7. The van der Waals surface area contributed by atoms with Crippen molar-refractivity contribution in [1.29, 1.82) is 0 Å². The maximum Gasteiger partial charge on any atom is 0.169 e. The molecule has 17 heavy (non-hydrogen) atoms. The highest BCUT2D eigenvalue weighted by molar-refractivity contribution is 6.17. The van der Waals surface area contributed by atoms with E-state index in [1.807, 2.05) is 19.1 Å². The SMILES string of the molecule is CCOc1cccnc1NC(C)(CC)CCCl. The molecule has 1 aromatic rings. The molecule has 3 nitrogen and oxygen atoms in total. The summed E-state index contributed by atoms with van der Waals surface area (Å²) >= 11 is 5.84. The van der Waals surface area contributed by atoms with Gasteiger partial charge in [-0.2, -0.15) is 0 Å². The number of nitrogens with one attached hydrogen (secondary N) is 1. The molecule has 1 rings (SSSR count). The Morgan fingerprint density at radius 1 is 1.47 bits per heavy atom. The van der Waals surface area contributed by atoms with Crippen LogP contribution >= 0.6 is 11.6 Å². The van der Waals surface area contributed by atoms with Gasteiger partial charge in [0.2, 0.25) is 0 Å². The van der Waals surface area contributed by atoms with Gasteiger partial charge in [0, 0.05) is 17.6 Å². The van der Waals surface area contributed by atoms with E-state index in [2.05, 4.69) is 24.1 Å². The van der Waals surface area contributed by atoms with Crippen molar-refractivity contribution in [1.82, 2.24) is 4.98 Å². The van der Waals surface area contributed by atoms with Gasteiger partial charge in [-0.25, -0.2) is 4.98 Å². The number of hydrogen-bond acceptors (Lipinski definition) is 3. The van der Waals surface area contributed by atoms with Crippen LogP contribution in [-0.2, 0) is 0 Å². The normalized spacial score (nSPS) is 14.1. The van der Waals surface area contributed by atoms with Crippen LogP contribution in [0.3, 0.4) is 0 Å². The fourth-order valence-electron chi connectivity index (χ4n) is 1.58. The predicted octanol–water partition coefficient (Wildman–Crippen LogP) is 3.69. The van der Waals surface area contributed by atoms with Crippen LogP contribution in [-0.4, -0.2) is 23.0 Å². The van der Waals surface area contributed by atoms with Crippen LogP contribution < -0.4 is 10.1 Å². The first kappa shape index (κ1) is 14.1. The van der Waals surface area contributed by atoms with Crippen molar-refractivity contribution >= 4 is 17.4 Å². The Bertz CT molecular complexity index is 346. The van der Waals surface area contributed by atoms with Crippen molar-refractivity contribution in [2.45, 2.75) is 39.2 Å². The highest BCUT2D eigenvalue weighted by Crippen LogP contribution is 2.27. The lowest BCUT2D eigenvalue weighted by Gasteiger charge is -2.30. The predicted molar refractivity (Wildman–Crippen MR) is 73.1 cm³/mol. The van der Waals surface area contributed by atoms with Gasteiger partial charge in [-0.05, 0) is 38.8 Å². The molecule has 0 aromatic carbocycles. The Morgan fingerprint density at radius 2 is 2.24 bits per heavy atom. The zero-order valence-electron chi connectivity index (χ0n) is 10.8. The maximum atomic E-state index is 5.84. The molecule has 1 N–H and O–H groups in total. The number of rotatable bonds is 7. The number of ether oxygens (including phenoxy) is 1. The molecular formula is C13H21ClN2O. The average molecular weight is 257 g/mol. The number of anilines is 1. The third-order valence-electron chi connectivity index (χ3n) is 2.92. The second-order valence-electron chi connectivity index (χ2n) is 4.26. The van der Waals surface area contributed by atoms with Gasteiger partial charge in [-0.3, -0.25) is 0 Å². The Balaban J connectivity index is 2.85. The molecule has 1 heterocycles. The first-order chi connectivity index (χ1) is 8.15. The minimum atomic E-state index is -0.0397. The second-order valence-corrected chi connectivity index (χ2v) is 4.64. The molecular weight excluding hydrogens is 236 g/mol. The Morgan fingerprint density at radius 3 is 2.82 bits per heavy atom. The smallest absolute Gasteiger partial charge is 0.169 e. The average Bonchev–Trinajstić information content (AvgIpc) is 2.32. The van der Waals surface area contributed by atoms with Gasteiger partial charge < -0.3 is 10.1 Å². The summed E-state index contributed by atoms with van der Waals surface area (Å²) in [6.07, 6.45) is 3.65. The third kappa shape index (κ3) is 4.08. The van der Waals surface area contributed by atoms with Crippen molar-refractivity contribution in [3.63, 3.8) is 0 Å². The number of aromatic nitrogens is 1. The van der Waals surface area contributed by atoms with Gasteiger partial charge in [0.25, 0.3) is 0 Å². The van der Waals surface area contributed by atoms with Crippen molar-refractivity contribution in [3.8, 4) is 5.75 Å². The Kier molecular flexibility index (Phi) is 5.56. The molecule has 1 atom stereocenters. The summed E-state index contributed by atoms with van der Waals surface area (Å²) in [5.74, 6) is 2.22. The molecule has 0 bridgehead atoms. The van der Waals surface area contributed by atoms with Gasteiger partial charge >= 0.3 is 0 Å². The fraction of sp³-hybridized carbons (Fsp3) is 0.615. The van der Waals surface area contributed by atoms with Crippen LogP contribution in [0.4, 0.5) is 5.82 Å². The van der Waals surface area contributed by atoms with E-state index in [0.29, 0.717) is 12.5 Å². The van der Waals surface area contributed by atoms with E-state index in [-0.39, 0.29) is 5.54 Å². The topological polar surface area (TPSA) is 34.1 Å². The molecule has 0 saturated heterocycles. The highest BCUT2D eigenvalue weighted by Gasteiger charge is 2.22. The molecule has 96 valence electrons. The van der Waals surface area contributed by atoms with Crippen LogP contribution in [0.15, 0.2) is 18.3 Å². The van der Waals surface area contributed by atoms with E-state index in [1.165, 1.54) is 0 Å². The van der Waals surface area contributed by atoms with Gasteiger partial charge in [-0.1, -0.05) is 6.92 Å². The van der Waals surface area contributed by atoms with Gasteiger partial charge in [0.15, 0.2) is 11.6 Å². The number of pyridine rings is 1. The minimum Gasteiger partial charge on any atom is -0.490 e. The summed E-state index contributed by atoms with van der Waals surface area (Å²) in [5.41, 5.74) is -0.0397. The highest BCUT2D eigenvalue weighted by atomic mass is 35.5. The van der Waals surface area contributed by atoms with Crippen LogP contribution in [0.2, 0.25) is 0 Å². The fourth-order valence-corrected chi connectivity index (χ4v) is 2.00. The maximum absolute atomic E-state index is 5.84. The first-order valence-electron chi connectivity index (χ1n) is 6.07. The van der Waals surface area contributed by atoms with Gasteiger partial charge in [0.1, 0.15) is 0 Å².